The van der Waals surface area contributed by atoms with Gasteiger partial charge in [0.05, 0.1) is 18.7 Å². The lowest BCUT2D eigenvalue weighted by Crippen LogP contribution is -2.43. The number of nitrogens with one attached hydrogen (secondary N) is 1. The first-order chi connectivity index (χ1) is 12.5. The molecule has 0 radical (unpaired) electrons. The zero-order chi connectivity index (χ0) is 18.9. The minimum absolute atomic E-state index is 0.163. The molecule has 0 aromatic heterocycles. The molecule has 0 spiro atoms. The molecular weight excluding hydrogens is 334 g/mol. The number of benzene rings is 2. The Balaban J connectivity index is 1.87. The van der Waals surface area contributed by atoms with E-state index in [-0.39, 0.29) is 5.78 Å². The number of carbonyl (C=O) groups excluding carboxylic acids is 3. The number of methoxy groups -OCH3 is 1. The Kier molecular flexibility index (Phi) is 6.91. The number of Topliss-reactive ketones (excluding diaryl/α,β-unsaturated/α-hetero) is 1. The minimum atomic E-state index is -0.662. The van der Waals surface area contributed by atoms with Gasteiger partial charge in [-0.3, -0.25) is 9.59 Å². The fourth-order valence-corrected chi connectivity index (χ4v) is 2.32. The third-order valence-electron chi connectivity index (χ3n) is 3.77. The van der Waals surface area contributed by atoms with Crippen LogP contribution in [-0.2, 0) is 20.7 Å². The number of hydrogen-bond donors (Lipinski definition) is 1. The smallest absolute Gasteiger partial charge is 0.338 e. The Morgan fingerprint density at radius 3 is 2.23 bits per heavy atom. The highest BCUT2D eigenvalue weighted by Crippen LogP contribution is 2.12. The fraction of sp³-hybridized carbons (Fsp3) is 0.250. The van der Waals surface area contributed by atoms with Crippen molar-refractivity contribution in [2.45, 2.75) is 19.4 Å². The van der Waals surface area contributed by atoms with Crippen molar-refractivity contribution in [3.05, 3.63) is 65.7 Å². The van der Waals surface area contributed by atoms with Crippen LogP contribution in [0.5, 0.6) is 5.75 Å². The molecule has 0 aliphatic carbocycles. The number of amides is 1. The highest BCUT2D eigenvalue weighted by Gasteiger charge is 2.19. The van der Waals surface area contributed by atoms with E-state index in [1.165, 1.54) is 14.0 Å². The summed E-state index contributed by atoms with van der Waals surface area (Å²) in [5.41, 5.74) is 1.24. The van der Waals surface area contributed by atoms with Gasteiger partial charge in [-0.1, -0.05) is 30.3 Å². The summed E-state index contributed by atoms with van der Waals surface area (Å²) >= 11 is 0. The van der Waals surface area contributed by atoms with Crippen LogP contribution in [-0.4, -0.2) is 37.4 Å². The van der Waals surface area contributed by atoms with Crippen LogP contribution in [0, 0.1) is 0 Å². The molecule has 136 valence electrons. The summed E-state index contributed by atoms with van der Waals surface area (Å²) in [6.07, 6.45) is 0.383. The zero-order valence-electron chi connectivity index (χ0n) is 14.7. The van der Waals surface area contributed by atoms with Crippen molar-refractivity contribution in [1.82, 2.24) is 5.32 Å². The first-order valence-electron chi connectivity index (χ1n) is 8.14. The number of ether oxygens (including phenoxy) is 2. The molecule has 0 saturated carbocycles. The number of carbonyl (C=O) groups is 3. The van der Waals surface area contributed by atoms with Crippen LogP contribution >= 0.6 is 0 Å². The van der Waals surface area contributed by atoms with E-state index in [2.05, 4.69) is 5.32 Å². The van der Waals surface area contributed by atoms with Gasteiger partial charge in [0.1, 0.15) is 5.75 Å². The molecule has 6 heteroatoms. The lowest BCUT2D eigenvalue weighted by atomic mass is 10.0. The van der Waals surface area contributed by atoms with Gasteiger partial charge in [0.15, 0.2) is 12.4 Å². The maximum Gasteiger partial charge on any atom is 0.338 e. The molecule has 0 bridgehead atoms. The predicted octanol–water partition coefficient (Wildman–Crippen LogP) is 2.17. The van der Waals surface area contributed by atoms with Gasteiger partial charge < -0.3 is 14.8 Å². The summed E-state index contributed by atoms with van der Waals surface area (Å²) in [5.74, 6) is -0.693. The van der Waals surface area contributed by atoms with Crippen LogP contribution in [0.4, 0.5) is 0 Å². The molecule has 1 atom stereocenters. The van der Waals surface area contributed by atoms with E-state index in [9.17, 15) is 14.4 Å². The Morgan fingerprint density at radius 1 is 1.00 bits per heavy atom. The van der Waals surface area contributed by atoms with Crippen LogP contribution in [0.15, 0.2) is 54.6 Å². The third-order valence-corrected chi connectivity index (χ3v) is 3.77. The second-order valence-corrected chi connectivity index (χ2v) is 5.73. The molecule has 0 fully saturated rings. The van der Waals surface area contributed by atoms with Gasteiger partial charge >= 0.3 is 5.97 Å². The molecule has 0 aliphatic heterocycles. The summed E-state index contributed by atoms with van der Waals surface area (Å²) in [6.45, 7) is 0.959. The zero-order valence-corrected chi connectivity index (χ0v) is 14.7. The lowest BCUT2D eigenvalue weighted by molar-refractivity contribution is -0.128. The van der Waals surface area contributed by atoms with E-state index in [1.807, 2.05) is 30.3 Å². The van der Waals surface area contributed by atoms with Gasteiger partial charge in [-0.05, 0) is 43.2 Å². The van der Waals surface area contributed by atoms with Gasteiger partial charge in [-0.25, -0.2) is 4.79 Å². The second kappa shape index (κ2) is 9.36. The average molecular weight is 355 g/mol. The summed E-state index contributed by atoms with van der Waals surface area (Å²) in [6, 6.07) is 15.1. The third kappa shape index (κ3) is 5.73. The average Bonchev–Trinajstić information content (AvgIpc) is 2.66. The SMILES string of the molecule is COc1ccc(C(=O)OCC(=O)N[C@@H](Cc2ccccc2)C(C)=O)cc1. The van der Waals surface area contributed by atoms with E-state index in [4.69, 9.17) is 9.47 Å². The fourth-order valence-electron chi connectivity index (χ4n) is 2.32. The number of esters is 1. The summed E-state index contributed by atoms with van der Waals surface area (Å²) < 4.78 is 10.0. The molecule has 0 heterocycles. The largest absolute Gasteiger partial charge is 0.497 e. The maximum absolute atomic E-state index is 12.0. The van der Waals surface area contributed by atoms with Crippen LogP contribution in [0.1, 0.15) is 22.8 Å². The number of hydrogen-bond acceptors (Lipinski definition) is 5. The topological polar surface area (TPSA) is 81.7 Å². The normalized spacial score (nSPS) is 11.3. The summed E-state index contributed by atoms with van der Waals surface area (Å²) in [5, 5.41) is 2.60. The summed E-state index contributed by atoms with van der Waals surface area (Å²) in [7, 11) is 1.53. The second-order valence-electron chi connectivity index (χ2n) is 5.73. The van der Waals surface area contributed by atoms with Gasteiger partial charge in [0.25, 0.3) is 5.91 Å². The Morgan fingerprint density at radius 2 is 1.65 bits per heavy atom. The van der Waals surface area contributed by atoms with E-state index in [1.54, 1.807) is 24.3 Å². The minimum Gasteiger partial charge on any atom is -0.497 e. The van der Waals surface area contributed by atoms with Crippen LogP contribution in [0.2, 0.25) is 0 Å². The molecule has 0 aliphatic rings. The molecule has 1 amide bonds. The lowest BCUT2D eigenvalue weighted by Gasteiger charge is -2.16. The Bertz CT molecular complexity index is 756. The Hall–Kier alpha value is -3.15. The van der Waals surface area contributed by atoms with Crippen molar-refractivity contribution in [2.24, 2.45) is 0 Å². The Labute approximate surface area is 152 Å². The summed E-state index contributed by atoms with van der Waals surface area (Å²) in [4.78, 5) is 35.7. The molecule has 2 aromatic carbocycles. The van der Waals surface area contributed by atoms with E-state index in [0.717, 1.165) is 5.56 Å². The first-order valence-corrected chi connectivity index (χ1v) is 8.14. The molecule has 0 unspecified atom stereocenters. The number of rotatable bonds is 8. The molecule has 6 nitrogen and oxygen atoms in total. The molecule has 2 rings (SSSR count). The first kappa shape index (κ1) is 19.2. The maximum atomic E-state index is 12.0. The highest BCUT2D eigenvalue weighted by molar-refractivity contribution is 5.92. The predicted molar refractivity (Wildman–Crippen MR) is 96.0 cm³/mol. The van der Waals surface area contributed by atoms with Crippen molar-refractivity contribution in [3.63, 3.8) is 0 Å². The van der Waals surface area contributed by atoms with E-state index < -0.39 is 24.5 Å². The van der Waals surface area contributed by atoms with Crippen LogP contribution in [0.3, 0.4) is 0 Å². The van der Waals surface area contributed by atoms with Crippen molar-refractivity contribution >= 4 is 17.7 Å². The highest BCUT2D eigenvalue weighted by atomic mass is 16.5. The standard InChI is InChI=1S/C20H21NO5/c1-14(22)18(12-15-6-4-3-5-7-15)21-19(23)13-26-20(24)16-8-10-17(25-2)11-9-16/h3-11,18H,12-13H2,1-2H3,(H,21,23)/t18-/m0/s1. The quantitative estimate of drug-likeness (QED) is 0.734. The van der Waals surface area contributed by atoms with Crippen molar-refractivity contribution in [1.29, 1.82) is 0 Å². The van der Waals surface area contributed by atoms with Gasteiger partial charge in [0.2, 0.25) is 0 Å². The van der Waals surface area contributed by atoms with E-state index in [0.29, 0.717) is 17.7 Å². The van der Waals surface area contributed by atoms with Gasteiger partial charge in [0, 0.05) is 0 Å². The van der Waals surface area contributed by atoms with Crippen LogP contribution in [0.25, 0.3) is 0 Å². The number of ketones is 1. The van der Waals surface area contributed by atoms with Gasteiger partial charge in [-0.15, -0.1) is 0 Å². The van der Waals surface area contributed by atoms with E-state index >= 15 is 0 Å². The van der Waals surface area contributed by atoms with Crippen molar-refractivity contribution < 1.29 is 23.9 Å². The van der Waals surface area contributed by atoms with Crippen molar-refractivity contribution in [2.75, 3.05) is 13.7 Å². The molecule has 1 N–H and O–H groups in total. The van der Waals surface area contributed by atoms with Gasteiger partial charge in [-0.2, -0.15) is 0 Å². The molecule has 0 saturated heterocycles. The van der Waals surface area contributed by atoms with Crippen LogP contribution < -0.4 is 10.1 Å². The monoisotopic (exact) mass is 355 g/mol. The molecule has 2 aromatic rings. The molecular formula is C20H21NO5. The molecule has 26 heavy (non-hydrogen) atoms. The van der Waals surface area contributed by atoms with Crippen molar-refractivity contribution in [3.8, 4) is 5.75 Å².